The van der Waals surface area contributed by atoms with Gasteiger partial charge in [0.05, 0.1) is 5.02 Å². The summed E-state index contributed by atoms with van der Waals surface area (Å²) in [6, 6.07) is 3.65. The lowest BCUT2D eigenvalue weighted by atomic mass is 10.1. The van der Waals surface area contributed by atoms with E-state index in [-0.39, 0.29) is 11.9 Å². The van der Waals surface area contributed by atoms with Gasteiger partial charge < -0.3 is 10.6 Å². The van der Waals surface area contributed by atoms with Crippen LogP contribution >= 0.6 is 23.4 Å². The normalized spacial score (nSPS) is 17.4. The lowest BCUT2D eigenvalue weighted by molar-refractivity contribution is -0.117. The molecule has 0 saturated heterocycles. The van der Waals surface area contributed by atoms with E-state index in [1.165, 1.54) is 0 Å². The van der Waals surface area contributed by atoms with Crippen molar-refractivity contribution >= 4 is 35.0 Å². The fourth-order valence-electron chi connectivity index (χ4n) is 2.12. The van der Waals surface area contributed by atoms with Gasteiger partial charge in [-0.25, -0.2) is 0 Å². The first-order valence-electron chi connectivity index (χ1n) is 7.03. The van der Waals surface area contributed by atoms with Gasteiger partial charge in [-0.1, -0.05) is 32.4 Å². The van der Waals surface area contributed by atoms with Crippen LogP contribution in [0, 0.1) is 5.92 Å². The summed E-state index contributed by atoms with van der Waals surface area (Å²) in [4.78, 5) is 13.0. The minimum atomic E-state index is -0.272. The topological polar surface area (TPSA) is 41.1 Å². The quantitative estimate of drug-likeness (QED) is 0.778. The van der Waals surface area contributed by atoms with E-state index in [4.69, 9.17) is 11.6 Å². The molecule has 1 atom stereocenters. The van der Waals surface area contributed by atoms with Crippen LogP contribution in [-0.2, 0) is 4.79 Å². The second-order valence-electron chi connectivity index (χ2n) is 5.45. The van der Waals surface area contributed by atoms with Crippen molar-refractivity contribution in [1.29, 1.82) is 0 Å². The number of anilines is 1. The number of carbonyl (C=O) groups is 1. The second-order valence-corrected chi connectivity index (χ2v) is 6.92. The first-order valence-corrected chi connectivity index (χ1v) is 8.39. The van der Waals surface area contributed by atoms with Crippen LogP contribution in [0.2, 0.25) is 5.02 Å². The molecule has 0 bridgehead atoms. The van der Waals surface area contributed by atoms with Crippen LogP contribution < -0.4 is 10.6 Å². The summed E-state index contributed by atoms with van der Waals surface area (Å²) in [6.45, 7) is 7.26. The predicted molar refractivity (Wildman–Crippen MR) is 86.7 cm³/mol. The number of rotatable bonds is 6. The van der Waals surface area contributed by atoms with Crippen LogP contribution in [0.1, 0.15) is 38.8 Å². The Bertz CT molecular complexity index is 505. The zero-order valence-corrected chi connectivity index (χ0v) is 13.7. The molecular formula is C15H21ClN2OS. The van der Waals surface area contributed by atoms with E-state index in [0.29, 0.717) is 5.92 Å². The van der Waals surface area contributed by atoms with E-state index in [2.05, 4.69) is 31.4 Å². The molecule has 110 valence electrons. The monoisotopic (exact) mass is 312 g/mol. The molecule has 1 aromatic carbocycles. The van der Waals surface area contributed by atoms with Gasteiger partial charge >= 0.3 is 0 Å². The van der Waals surface area contributed by atoms with Crippen LogP contribution in [0.3, 0.4) is 0 Å². The maximum atomic E-state index is 12.0. The highest BCUT2D eigenvalue weighted by Gasteiger charge is 2.30. The summed E-state index contributed by atoms with van der Waals surface area (Å²) < 4.78 is 0. The second kappa shape index (κ2) is 6.83. The molecule has 3 nitrogen and oxygen atoms in total. The minimum Gasteiger partial charge on any atom is -0.324 e. The molecule has 0 fully saturated rings. The van der Waals surface area contributed by atoms with Crippen LogP contribution in [0.15, 0.2) is 17.0 Å². The molecule has 1 amide bonds. The van der Waals surface area contributed by atoms with E-state index in [0.717, 1.165) is 39.9 Å². The third-order valence-corrected chi connectivity index (χ3v) is 5.01. The van der Waals surface area contributed by atoms with E-state index in [1.807, 2.05) is 12.1 Å². The van der Waals surface area contributed by atoms with E-state index in [1.54, 1.807) is 11.8 Å². The Morgan fingerprint density at radius 3 is 2.85 bits per heavy atom. The van der Waals surface area contributed by atoms with Crippen molar-refractivity contribution in [3.8, 4) is 0 Å². The number of thioether (sulfide) groups is 1. The van der Waals surface area contributed by atoms with Gasteiger partial charge in [-0.15, -0.1) is 11.8 Å². The summed E-state index contributed by atoms with van der Waals surface area (Å²) in [5.41, 5.74) is 1.85. The predicted octanol–water partition coefficient (Wildman–Crippen LogP) is 4.08. The summed E-state index contributed by atoms with van der Waals surface area (Å²) in [6.07, 6.45) is 0.995. The molecule has 1 unspecified atom stereocenters. The number of carbonyl (C=O) groups excluding carboxylic acids is 1. The van der Waals surface area contributed by atoms with Crippen molar-refractivity contribution in [3.05, 3.63) is 22.7 Å². The van der Waals surface area contributed by atoms with Gasteiger partial charge in [-0.2, -0.15) is 0 Å². The molecule has 0 saturated carbocycles. The number of fused-ring (bicyclic) bond motifs is 1. The Morgan fingerprint density at radius 2 is 2.20 bits per heavy atom. The Morgan fingerprint density at radius 1 is 1.45 bits per heavy atom. The van der Waals surface area contributed by atoms with Crippen molar-refractivity contribution in [1.82, 2.24) is 5.32 Å². The Balaban J connectivity index is 2.21. The fourth-order valence-corrected chi connectivity index (χ4v) is 3.37. The highest BCUT2D eigenvalue weighted by atomic mass is 35.5. The lowest BCUT2D eigenvalue weighted by Crippen LogP contribution is -2.27. The van der Waals surface area contributed by atoms with E-state index < -0.39 is 0 Å². The van der Waals surface area contributed by atoms with Crippen LogP contribution in [0.25, 0.3) is 0 Å². The fraction of sp³-hybridized carbons (Fsp3) is 0.533. The van der Waals surface area contributed by atoms with Crippen molar-refractivity contribution in [2.45, 2.75) is 38.1 Å². The summed E-state index contributed by atoms with van der Waals surface area (Å²) in [5.74, 6) is 1.64. The largest absolute Gasteiger partial charge is 0.324 e. The molecule has 1 aliphatic rings. The molecule has 2 rings (SSSR count). The van der Waals surface area contributed by atoms with Gasteiger partial charge in [0.1, 0.15) is 6.04 Å². The first-order chi connectivity index (χ1) is 9.52. The maximum absolute atomic E-state index is 12.0. The van der Waals surface area contributed by atoms with Crippen molar-refractivity contribution in [3.63, 3.8) is 0 Å². The SMILES string of the molecule is CCCNC1C(=O)Nc2cc(SCC(C)C)c(Cl)cc21. The number of amides is 1. The molecule has 5 heteroatoms. The zero-order chi connectivity index (χ0) is 14.7. The maximum Gasteiger partial charge on any atom is 0.246 e. The Hall–Kier alpha value is -0.710. The molecule has 1 aromatic rings. The summed E-state index contributed by atoms with van der Waals surface area (Å²) in [7, 11) is 0. The highest BCUT2D eigenvalue weighted by Crippen LogP contribution is 2.39. The van der Waals surface area contributed by atoms with Crippen LogP contribution in [-0.4, -0.2) is 18.2 Å². The summed E-state index contributed by atoms with van der Waals surface area (Å²) >= 11 is 8.09. The highest BCUT2D eigenvalue weighted by molar-refractivity contribution is 7.99. The summed E-state index contributed by atoms with van der Waals surface area (Å²) in [5, 5.41) is 6.93. The Labute approximate surface area is 129 Å². The van der Waals surface area contributed by atoms with Gasteiger partial charge in [0.25, 0.3) is 0 Å². The van der Waals surface area contributed by atoms with Gasteiger partial charge in [-0.05, 0) is 31.0 Å². The molecule has 0 spiro atoms. The third-order valence-electron chi connectivity index (χ3n) is 3.11. The van der Waals surface area contributed by atoms with Gasteiger partial charge in [0.15, 0.2) is 0 Å². The molecule has 0 aliphatic carbocycles. The average Bonchev–Trinajstić information content (AvgIpc) is 2.68. The van der Waals surface area contributed by atoms with Gasteiger partial charge in [0, 0.05) is 21.9 Å². The van der Waals surface area contributed by atoms with E-state index >= 15 is 0 Å². The van der Waals surface area contributed by atoms with Crippen molar-refractivity contribution in [2.75, 3.05) is 17.6 Å². The van der Waals surface area contributed by atoms with E-state index in [9.17, 15) is 4.79 Å². The first kappa shape index (κ1) is 15.7. The molecule has 1 heterocycles. The van der Waals surface area contributed by atoms with Gasteiger partial charge in [0.2, 0.25) is 5.91 Å². The van der Waals surface area contributed by atoms with Crippen LogP contribution in [0.4, 0.5) is 5.69 Å². The lowest BCUT2D eigenvalue weighted by Gasteiger charge is -2.12. The molecule has 2 N–H and O–H groups in total. The zero-order valence-electron chi connectivity index (χ0n) is 12.1. The molecule has 20 heavy (non-hydrogen) atoms. The number of hydrogen-bond donors (Lipinski definition) is 2. The standard InChI is InChI=1S/C15H21ClN2OS/c1-4-5-17-14-10-6-11(16)13(20-8-9(2)3)7-12(10)18-15(14)19/h6-7,9,14,17H,4-5,8H2,1-3H3,(H,18,19). The Kier molecular flexibility index (Phi) is 5.35. The number of benzene rings is 1. The molecular weight excluding hydrogens is 292 g/mol. The third kappa shape index (κ3) is 3.48. The van der Waals surface area contributed by atoms with Gasteiger partial charge in [-0.3, -0.25) is 4.79 Å². The van der Waals surface area contributed by atoms with Crippen molar-refractivity contribution in [2.24, 2.45) is 5.92 Å². The van der Waals surface area contributed by atoms with Crippen molar-refractivity contribution < 1.29 is 4.79 Å². The average molecular weight is 313 g/mol. The number of halogens is 1. The number of nitrogens with one attached hydrogen (secondary N) is 2. The van der Waals surface area contributed by atoms with Crippen LogP contribution in [0.5, 0.6) is 0 Å². The molecule has 1 aliphatic heterocycles. The number of hydrogen-bond acceptors (Lipinski definition) is 3. The molecule has 0 radical (unpaired) electrons. The minimum absolute atomic E-state index is 0.00975. The molecule has 0 aromatic heterocycles. The smallest absolute Gasteiger partial charge is 0.246 e.